The normalized spacial score (nSPS) is 12.3. The minimum Gasteiger partial charge on any atom is -0.322 e. The van der Waals surface area contributed by atoms with Crippen LogP contribution in [-0.4, -0.2) is 9.91 Å². The molecule has 0 saturated carbocycles. The maximum absolute atomic E-state index is 10.7. The highest BCUT2D eigenvalue weighted by molar-refractivity contribution is 7.10. The van der Waals surface area contributed by atoms with Gasteiger partial charge in [-0.25, -0.2) is 4.98 Å². The van der Waals surface area contributed by atoms with Crippen molar-refractivity contribution in [2.24, 2.45) is 5.73 Å². The van der Waals surface area contributed by atoms with Crippen LogP contribution in [0.3, 0.4) is 0 Å². The maximum atomic E-state index is 10.7. The summed E-state index contributed by atoms with van der Waals surface area (Å²) in [6.07, 6.45) is 0.821. The second-order valence-corrected chi connectivity index (χ2v) is 4.78. The number of rotatable bonds is 4. The number of hydrogen-bond acceptors (Lipinski definition) is 5. The standard InChI is InChI=1S/C12H13N3O2S/c1-2-10(13)12-14-11(7-18-12)8-4-3-5-9(6-8)15(16)17/h3-7,10H,2,13H2,1H3. The molecular weight excluding hydrogens is 250 g/mol. The summed E-state index contributed by atoms with van der Waals surface area (Å²) in [6, 6.07) is 6.39. The molecule has 1 atom stereocenters. The van der Waals surface area contributed by atoms with E-state index in [4.69, 9.17) is 5.73 Å². The summed E-state index contributed by atoms with van der Waals surface area (Å²) in [6.45, 7) is 2.00. The van der Waals surface area contributed by atoms with Crippen LogP contribution in [0.25, 0.3) is 11.3 Å². The zero-order chi connectivity index (χ0) is 13.1. The molecule has 1 unspecified atom stereocenters. The Bertz CT molecular complexity index is 568. The minimum absolute atomic E-state index is 0.0672. The minimum atomic E-state index is -0.408. The zero-order valence-corrected chi connectivity index (χ0v) is 10.7. The van der Waals surface area contributed by atoms with Crippen molar-refractivity contribution in [3.8, 4) is 11.3 Å². The summed E-state index contributed by atoms with van der Waals surface area (Å²) < 4.78 is 0. The van der Waals surface area contributed by atoms with E-state index in [1.54, 1.807) is 6.07 Å². The summed E-state index contributed by atoms with van der Waals surface area (Å²) in [5, 5.41) is 13.5. The number of benzene rings is 1. The van der Waals surface area contributed by atoms with Gasteiger partial charge in [-0.1, -0.05) is 19.1 Å². The van der Waals surface area contributed by atoms with Crippen molar-refractivity contribution in [2.75, 3.05) is 0 Å². The lowest BCUT2D eigenvalue weighted by molar-refractivity contribution is -0.384. The molecule has 0 aliphatic rings. The number of thiazole rings is 1. The van der Waals surface area contributed by atoms with Crippen LogP contribution in [0.1, 0.15) is 24.4 Å². The highest BCUT2D eigenvalue weighted by atomic mass is 32.1. The summed E-state index contributed by atoms with van der Waals surface area (Å²) in [4.78, 5) is 14.7. The number of hydrogen-bond donors (Lipinski definition) is 1. The zero-order valence-electron chi connectivity index (χ0n) is 9.87. The molecule has 0 bridgehead atoms. The van der Waals surface area contributed by atoms with E-state index >= 15 is 0 Å². The number of nitro groups is 1. The fourth-order valence-corrected chi connectivity index (χ4v) is 2.46. The summed E-state index contributed by atoms with van der Waals surface area (Å²) in [7, 11) is 0. The van der Waals surface area contributed by atoms with E-state index in [9.17, 15) is 10.1 Å². The molecule has 0 fully saturated rings. The van der Waals surface area contributed by atoms with E-state index < -0.39 is 4.92 Å². The molecule has 1 heterocycles. The maximum Gasteiger partial charge on any atom is 0.270 e. The van der Waals surface area contributed by atoms with E-state index in [1.807, 2.05) is 18.4 Å². The van der Waals surface area contributed by atoms with Crippen LogP contribution >= 0.6 is 11.3 Å². The van der Waals surface area contributed by atoms with Crippen molar-refractivity contribution in [1.29, 1.82) is 0 Å². The highest BCUT2D eigenvalue weighted by Crippen LogP contribution is 2.27. The largest absolute Gasteiger partial charge is 0.322 e. The lowest BCUT2D eigenvalue weighted by Gasteiger charge is -2.02. The molecule has 0 aliphatic heterocycles. The molecule has 1 aromatic carbocycles. The van der Waals surface area contributed by atoms with Crippen LogP contribution in [-0.2, 0) is 0 Å². The molecule has 18 heavy (non-hydrogen) atoms. The number of non-ortho nitro benzene ring substituents is 1. The topological polar surface area (TPSA) is 82.0 Å². The van der Waals surface area contributed by atoms with Gasteiger partial charge < -0.3 is 5.73 Å². The second kappa shape index (κ2) is 5.24. The highest BCUT2D eigenvalue weighted by Gasteiger charge is 2.12. The van der Waals surface area contributed by atoms with E-state index in [0.29, 0.717) is 0 Å². The van der Waals surface area contributed by atoms with Crippen LogP contribution < -0.4 is 5.73 Å². The Hall–Kier alpha value is -1.79. The van der Waals surface area contributed by atoms with Gasteiger partial charge in [-0.3, -0.25) is 10.1 Å². The van der Waals surface area contributed by atoms with Crippen LogP contribution in [0.15, 0.2) is 29.6 Å². The lowest BCUT2D eigenvalue weighted by Crippen LogP contribution is -2.07. The third kappa shape index (κ3) is 2.55. The van der Waals surface area contributed by atoms with Crippen LogP contribution in [0.5, 0.6) is 0 Å². The summed E-state index contributed by atoms with van der Waals surface area (Å²) in [5.74, 6) is 0. The number of aromatic nitrogens is 1. The van der Waals surface area contributed by atoms with E-state index in [-0.39, 0.29) is 11.7 Å². The van der Waals surface area contributed by atoms with Crippen LogP contribution in [0.2, 0.25) is 0 Å². The third-order valence-corrected chi connectivity index (χ3v) is 3.61. The van der Waals surface area contributed by atoms with Gasteiger partial charge in [0.2, 0.25) is 0 Å². The predicted octanol–water partition coefficient (Wildman–Crippen LogP) is 3.13. The van der Waals surface area contributed by atoms with Gasteiger partial charge in [-0.05, 0) is 6.42 Å². The third-order valence-electron chi connectivity index (χ3n) is 2.63. The Labute approximate surface area is 108 Å². The summed E-state index contributed by atoms with van der Waals surface area (Å²) >= 11 is 1.49. The molecule has 2 N–H and O–H groups in total. The summed E-state index contributed by atoms with van der Waals surface area (Å²) in [5.41, 5.74) is 7.46. The monoisotopic (exact) mass is 263 g/mol. The molecule has 2 aromatic rings. The van der Waals surface area contributed by atoms with Gasteiger partial charge in [0.25, 0.3) is 5.69 Å². The van der Waals surface area contributed by atoms with Gasteiger partial charge in [0.15, 0.2) is 0 Å². The fraction of sp³-hybridized carbons (Fsp3) is 0.250. The Morgan fingerprint density at radius 2 is 2.33 bits per heavy atom. The molecular formula is C12H13N3O2S. The molecule has 94 valence electrons. The molecule has 2 rings (SSSR count). The molecule has 0 amide bonds. The first-order valence-electron chi connectivity index (χ1n) is 5.57. The van der Waals surface area contributed by atoms with Crippen molar-refractivity contribution < 1.29 is 4.92 Å². The van der Waals surface area contributed by atoms with Gasteiger partial charge in [0, 0.05) is 23.1 Å². The first-order valence-corrected chi connectivity index (χ1v) is 6.45. The van der Waals surface area contributed by atoms with E-state index in [1.165, 1.54) is 23.5 Å². The number of nitrogens with two attached hydrogens (primary N) is 1. The van der Waals surface area contributed by atoms with Gasteiger partial charge in [0.05, 0.1) is 16.7 Å². The van der Waals surface area contributed by atoms with Gasteiger partial charge >= 0.3 is 0 Å². The number of nitro benzene ring substituents is 1. The molecule has 0 saturated heterocycles. The van der Waals surface area contributed by atoms with Crippen molar-refractivity contribution >= 4 is 17.0 Å². The van der Waals surface area contributed by atoms with Gasteiger partial charge in [0.1, 0.15) is 5.01 Å². The van der Waals surface area contributed by atoms with Crippen LogP contribution in [0.4, 0.5) is 5.69 Å². The van der Waals surface area contributed by atoms with Crippen molar-refractivity contribution in [3.05, 3.63) is 44.8 Å². The van der Waals surface area contributed by atoms with Crippen molar-refractivity contribution in [3.63, 3.8) is 0 Å². The Kier molecular flexibility index (Phi) is 3.69. The Balaban J connectivity index is 2.34. The smallest absolute Gasteiger partial charge is 0.270 e. The molecule has 0 aliphatic carbocycles. The SMILES string of the molecule is CCC(N)c1nc(-c2cccc([N+](=O)[O-])c2)cs1. The fourth-order valence-electron chi connectivity index (χ4n) is 1.54. The van der Waals surface area contributed by atoms with E-state index in [0.717, 1.165) is 22.7 Å². The van der Waals surface area contributed by atoms with Crippen LogP contribution in [0, 0.1) is 10.1 Å². The molecule has 0 radical (unpaired) electrons. The molecule has 0 spiro atoms. The van der Waals surface area contributed by atoms with Gasteiger partial charge in [-0.15, -0.1) is 11.3 Å². The molecule has 5 nitrogen and oxygen atoms in total. The first kappa shape index (κ1) is 12.7. The molecule has 6 heteroatoms. The second-order valence-electron chi connectivity index (χ2n) is 3.89. The average molecular weight is 263 g/mol. The lowest BCUT2D eigenvalue weighted by atomic mass is 10.1. The van der Waals surface area contributed by atoms with Crippen molar-refractivity contribution in [1.82, 2.24) is 4.98 Å². The van der Waals surface area contributed by atoms with E-state index in [2.05, 4.69) is 4.98 Å². The van der Waals surface area contributed by atoms with Crippen molar-refractivity contribution in [2.45, 2.75) is 19.4 Å². The average Bonchev–Trinajstić information content (AvgIpc) is 2.87. The Morgan fingerprint density at radius 3 is 3.00 bits per heavy atom. The predicted molar refractivity (Wildman–Crippen MR) is 71.4 cm³/mol. The number of nitrogens with zero attached hydrogens (tertiary/aromatic N) is 2. The quantitative estimate of drug-likeness (QED) is 0.678. The first-order chi connectivity index (χ1) is 8.61. The van der Waals surface area contributed by atoms with Gasteiger partial charge in [-0.2, -0.15) is 0 Å². The molecule has 1 aromatic heterocycles. The Morgan fingerprint density at radius 1 is 1.56 bits per heavy atom.